The predicted octanol–water partition coefficient (Wildman–Crippen LogP) is 3.00. The number of aryl methyl sites for hydroxylation is 2. The first kappa shape index (κ1) is 21.7. The number of sulfonamides is 1. The number of piperazine rings is 1. The van der Waals surface area contributed by atoms with E-state index >= 15 is 0 Å². The molecule has 0 atom stereocenters. The highest BCUT2D eigenvalue weighted by Gasteiger charge is 2.30. The number of rotatable bonds is 5. The molecule has 0 unspecified atom stereocenters. The number of nitrogens with zero attached hydrogens (tertiary/aromatic N) is 4. The number of ether oxygens (including phenoxy) is 1. The normalized spacial score (nSPS) is 15.4. The predicted molar refractivity (Wildman–Crippen MR) is 120 cm³/mol. The van der Waals surface area contributed by atoms with Crippen molar-refractivity contribution in [2.45, 2.75) is 25.7 Å². The zero-order chi connectivity index (χ0) is 22.2. The second-order valence-corrected chi connectivity index (χ2v) is 10.2. The lowest BCUT2D eigenvalue weighted by atomic mass is 10.2. The van der Waals surface area contributed by atoms with Crippen molar-refractivity contribution in [2.75, 3.05) is 37.7 Å². The molecule has 0 aliphatic carbocycles. The summed E-state index contributed by atoms with van der Waals surface area (Å²) in [5, 5.41) is 0.831. The van der Waals surface area contributed by atoms with Crippen molar-refractivity contribution in [1.82, 2.24) is 14.3 Å². The van der Waals surface area contributed by atoms with Gasteiger partial charge in [0.1, 0.15) is 21.3 Å². The van der Waals surface area contributed by atoms with Crippen molar-refractivity contribution < 1.29 is 17.9 Å². The maximum absolute atomic E-state index is 12.9. The highest BCUT2D eigenvalue weighted by Crippen LogP contribution is 2.36. The standard InChI is InChI=1S/C21H24N4O4S2/c1-4-29-21(26)18-14(2)17-19(22-15(3)23-20(17)30-18)24-10-12-25(13-11-24)31(27,28)16-8-6-5-7-9-16/h5-9H,4,10-13H2,1-3H3. The van der Waals surface area contributed by atoms with Crippen LogP contribution in [0.3, 0.4) is 0 Å². The molecular weight excluding hydrogens is 436 g/mol. The lowest BCUT2D eigenvalue weighted by Gasteiger charge is -2.35. The fourth-order valence-corrected chi connectivity index (χ4v) is 6.28. The van der Waals surface area contributed by atoms with Crippen LogP contribution >= 0.6 is 11.3 Å². The summed E-state index contributed by atoms with van der Waals surface area (Å²) in [5.74, 6) is 0.993. The Balaban J connectivity index is 1.63. The number of hydrogen-bond acceptors (Lipinski definition) is 8. The highest BCUT2D eigenvalue weighted by atomic mass is 32.2. The Morgan fingerprint density at radius 3 is 2.42 bits per heavy atom. The van der Waals surface area contributed by atoms with E-state index in [4.69, 9.17) is 4.74 Å². The minimum absolute atomic E-state index is 0.302. The minimum Gasteiger partial charge on any atom is -0.462 e. The van der Waals surface area contributed by atoms with E-state index in [1.807, 2.05) is 13.8 Å². The third-order valence-corrected chi connectivity index (χ3v) is 8.34. The number of aromatic nitrogens is 2. The molecule has 1 saturated heterocycles. The number of thiophene rings is 1. The van der Waals surface area contributed by atoms with E-state index in [0.717, 1.165) is 21.6 Å². The second kappa shape index (κ2) is 8.52. The molecule has 8 nitrogen and oxygen atoms in total. The Kier molecular flexibility index (Phi) is 5.96. The number of carbonyl (C=O) groups excluding carboxylic acids is 1. The third-order valence-electron chi connectivity index (χ3n) is 5.26. The van der Waals surface area contributed by atoms with Crippen LogP contribution in [0.5, 0.6) is 0 Å². The average molecular weight is 461 g/mol. The molecule has 164 valence electrons. The lowest BCUT2D eigenvalue weighted by Crippen LogP contribution is -2.49. The van der Waals surface area contributed by atoms with Crippen molar-refractivity contribution in [3.05, 3.63) is 46.6 Å². The fourth-order valence-electron chi connectivity index (χ4n) is 3.72. The first-order valence-corrected chi connectivity index (χ1v) is 12.3. The lowest BCUT2D eigenvalue weighted by molar-refractivity contribution is 0.0531. The third kappa shape index (κ3) is 4.02. The molecule has 1 fully saturated rings. The molecule has 2 aromatic heterocycles. The quantitative estimate of drug-likeness (QED) is 0.541. The van der Waals surface area contributed by atoms with Crippen LogP contribution in [0, 0.1) is 13.8 Å². The SMILES string of the molecule is CCOC(=O)c1sc2nc(C)nc(N3CCN(S(=O)(=O)c4ccccc4)CC3)c2c1C. The van der Waals surface area contributed by atoms with Crippen LogP contribution in [0.2, 0.25) is 0 Å². The summed E-state index contributed by atoms with van der Waals surface area (Å²) in [6.45, 7) is 7.50. The molecule has 1 aliphatic heterocycles. The van der Waals surface area contributed by atoms with Gasteiger partial charge in [-0.25, -0.2) is 23.2 Å². The molecule has 0 N–H and O–H groups in total. The van der Waals surface area contributed by atoms with Gasteiger partial charge < -0.3 is 9.64 Å². The van der Waals surface area contributed by atoms with E-state index in [-0.39, 0.29) is 5.97 Å². The number of esters is 1. The molecule has 3 aromatic rings. The molecule has 1 aliphatic rings. The highest BCUT2D eigenvalue weighted by molar-refractivity contribution is 7.89. The molecule has 4 rings (SSSR count). The fraction of sp³-hybridized carbons (Fsp3) is 0.381. The van der Waals surface area contributed by atoms with E-state index < -0.39 is 10.0 Å². The first-order chi connectivity index (χ1) is 14.8. The summed E-state index contributed by atoms with van der Waals surface area (Å²) in [6.07, 6.45) is 0. The molecule has 0 bridgehead atoms. The van der Waals surface area contributed by atoms with Crippen LogP contribution in [0.4, 0.5) is 5.82 Å². The van der Waals surface area contributed by atoms with Gasteiger partial charge in [-0.05, 0) is 38.5 Å². The van der Waals surface area contributed by atoms with Crippen molar-refractivity contribution in [2.24, 2.45) is 0 Å². The van der Waals surface area contributed by atoms with Gasteiger partial charge in [0.2, 0.25) is 10.0 Å². The number of carbonyl (C=O) groups is 1. The number of hydrogen-bond donors (Lipinski definition) is 0. The van der Waals surface area contributed by atoms with Crippen LogP contribution in [-0.4, -0.2) is 61.4 Å². The van der Waals surface area contributed by atoms with Crippen LogP contribution < -0.4 is 4.90 Å². The van der Waals surface area contributed by atoms with Crippen molar-refractivity contribution in [1.29, 1.82) is 0 Å². The maximum Gasteiger partial charge on any atom is 0.348 e. The molecular formula is C21H24N4O4S2. The van der Waals surface area contributed by atoms with E-state index in [1.165, 1.54) is 15.6 Å². The van der Waals surface area contributed by atoms with Crippen LogP contribution in [0.1, 0.15) is 28.0 Å². The van der Waals surface area contributed by atoms with Gasteiger partial charge in [0, 0.05) is 26.2 Å². The second-order valence-electron chi connectivity index (χ2n) is 7.26. The molecule has 0 amide bonds. The van der Waals surface area contributed by atoms with E-state index in [2.05, 4.69) is 14.9 Å². The van der Waals surface area contributed by atoms with Gasteiger partial charge in [-0.3, -0.25) is 0 Å². The molecule has 31 heavy (non-hydrogen) atoms. The minimum atomic E-state index is -3.53. The maximum atomic E-state index is 12.9. The van der Waals surface area contributed by atoms with Crippen molar-refractivity contribution in [3.8, 4) is 0 Å². The smallest absolute Gasteiger partial charge is 0.348 e. The molecule has 10 heteroatoms. The summed E-state index contributed by atoms with van der Waals surface area (Å²) in [7, 11) is -3.53. The van der Waals surface area contributed by atoms with Crippen LogP contribution in [-0.2, 0) is 14.8 Å². The van der Waals surface area contributed by atoms with Gasteiger partial charge in [-0.15, -0.1) is 11.3 Å². The summed E-state index contributed by atoms with van der Waals surface area (Å²) in [4.78, 5) is 25.2. The Hall–Kier alpha value is -2.56. The number of benzene rings is 1. The molecule has 0 spiro atoms. The Morgan fingerprint density at radius 2 is 1.77 bits per heavy atom. The van der Waals surface area contributed by atoms with Gasteiger partial charge in [-0.2, -0.15) is 4.31 Å². The van der Waals surface area contributed by atoms with Crippen molar-refractivity contribution in [3.63, 3.8) is 0 Å². The van der Waals surface area contributed by atoms with E-state index in [1.54, 1.807) is 37.3 Å². The van der Waals surface area contributed by atoms with E-state index in [0.29, 0.717) is 48.4 Å². The monoisotopic (exact) mass is 460 g/mol. The van der Waals surface area contributed by atoms with Gasteiger partial charge in [-0.1, -0.05) is 18.2 Å². The average Bonchev–Trinajstić information content (AvgIpc) is 3.10. The molecule has 0 saturated carbocycles. The van der Waals surface area contributed by atoms with Gasteiger partial charge >= 0.3 is 5.97 Å². The number of fused-ring (bicyclic) bond motifs is 1. The van der Waals surface area contributed by atoms with Crippen LogP contribution in [0.15, 0.2) is 35.2 Å². The Bertz CT molecular complexity index is 1220. The summed E-state index contributed by atoms with van der Waals surface area (Å²) < 4.78 is 32.5. The Morgan fingerprint density at radius 1 is 1.10 bits per heavy atom. The summed E-state index contributed by atoms with van der Waals surface area (Å²) >= 11 is 1.31. The van der Waals surface area contributed by atoms with Gasteiger partial charge in [0.15, 0.2) is 0 Å². The zero-order valence-electron chi connectivity index (χ0n) is 17.7. The van der Waals surface area contributed by atoms with Crippen LogP contribution in [0.25, 0.3) is 10.2 Å². The van der Waals surface area contributed by atoms with Crippen molar-refractivity contribution >= 4 is 43.4 Å². The number of anilines is 1. The largest absolute Gasteiger partial charge is 0.462 e. The molecule has 1 aromatic carbocycles. The molecule has 3 heterocycles. The topological polar surface area (TPSA) is 92.7 Å². The Labute approximate surface area is 185 Å². The zero-order valence-corrected chi connectivity index (χ0v) is 19.3. The summed E-state index contributed by atoms with van der Waals surface area (Å²) in [5.41, 5.74) is 0.799. The van der Waals surface area contributed by atoms with E-state index in [9.17, 15) is 13.2 Å². The summed E-state index contributed by atoms with van der Waals surface area (Å²) in [6, 6.07) is 8.48. The van der Waals surface area contributed by atoms with Gasteiger partial charge in [0.05, 0.1) is 16.9 Å². The first-order valence-electron chi connectivity index (χ1n) is 10.1. The van der Waals surface area contributed by atoms with Gasteiger partial charge in [0.25, 0.3) is 0 Å². The molecule has 0 radical (unpaired) electrons.